The van der Waals surface area contributed by atoms with E-state index >= 15 is 0 Å². The van der Waals surface area contributed by atoms with E-state index in [1.54, 1.807) is 6.20 Å². The fourth-order valence-corrected chi connectivity index (χ4v) is 1.27. The maximum atomic E-state index is 5.82. The number of nitrogens with two attached hydrogens (primary N) is 1. The smallest absolute Gasteiger partial charge is 0.0400 e. The summed E-state index contributed by atoms with van der Waals surface area (Å²) in [5, 5.41) is 3.36. The largest absolute Gasteiger partial charge is 0.385 e. The van der Waals surface area contributed by atoms with Crippen molar-refractivity contribution in [3.63, 3.8) is 0 Å². The Kier molecular flexibility index (Phi) is 4.40. The molecule has 0 saturated carbocycles. The SMILES string of the molecule is CCC(N)CCNc1ccncc1C. The van der Waals surface area contributed by atoms with Crippen LogP contribution in [0.4, 0.5) is 5.69 Å². The first-order valence-electron chi connectivity index (χ1n) is 5.14. The summed E-state index contributed by atoms with van der Waals surface area (Å²) in [6, 6.07) is 2.30. The van der Waals surface area contributed by atoms with E-state index in [1.165, 1.54) is 5.56 Å². The van der Waals surface area contributed by atoms with Gasteiger partial charge in [0.2, 0.25) is 0 Å². The molecule has 0 amide bonds. The van der Waals surface area contributed by atoms with Gasteiger partial charge in [0.05, 0.1) is 0 Å². The molecule has 14 heavy (non-hydrogen) atoms. The Labute approximate surface area is 85.7 Å². The van der Waals surface area contributed by atoms with Gasteiger partial charge in [-0.25, -0.2) is 0 Å². The summed E-state index contributed by atoms with van der Waals surface area (Å²) < 4.78 is 0. The molecule has 0 saturated heterocycles. The third kappa shape index (κ3) is 3.34. The van der Waals surface area contributed by atoms with Crippen LogP contribution in [0.2, 0.25) is 0 Å². The second-order valence-electron chi connectivity index (χ2n) is 3.57. The van der Waals surface area contributed by atoms with Crippen molar-refractivity contribution >= 4 is 5.69 Å². The zero-order valence-electron chi connectivity index (χ0n) is 8.96. The molecule has 3 nitrogen and oxygen atoms in total. The molecular weight excluding hydrogens is 174 g/mol. The number of aromatic nitrogens is 1. The van der Waals surface area contributed by atoms with E-state index < -0.39 is 0 Å². The topological polar surface area (TPSA) is 50.9 Å². The molecule has 0 aliphatic rings. The molecule has 1 rings (SSSR count). The van der Waals surface area contributed by atoms with Crippen molar-refractivity contribution in [2.24, 2.45) is 5.73 Å². The number of hydrogen-bond acceptors (Lipinski definition) is 3. The van der Waals surface area contributed by atoms with Crippen molar-refractivity contribution in [2.45, 2.75) is 32.7 Å². The molecule has 3 N–H and O–H groups in total. The number of aryl methyl sites for hydroxylation is 1. The number of nitrogens with one attached hydrogen (secondary N) is 1. The van der Waals surface area contributed by atoms with Crippen molar-refractivity contribution in [1.29, 1.82) is 0 Å². The van der Waals surface area contributed by atoms with Crippen molar-refractivity contribution in [3.05, 3.63) is 24.0 Å². The number of nitrogens with zero attached hydrogens (tertiary/aromatic N) is 1. The minimum absolute atomic E-state index is 0.310. The van der Waals surface area contributed by atoms with Gasteiger partial charge < -0.3 is 11.1 Å². The standard InChI is InChI=1S/C11H19N3/c1-3-10(12)4-7-14-11-5-6-13-8-9(11)2/h5-6,8,10H,3-4,7,12H2,1-2H3,(H,13,14). The van der Waals surface area contributed by atoms with Crippen LogP contribution in [0.1, 0.15) is 25.3 Å². The minimum atomic E-state index is 0.310. The molecule has 0 radical (unpaired) electrons. The molecule has 78 valence electrons. The monoisotopic (exact) mass is 193 g/mol. The summed E-state index contributed by atoms with van der Waals surface area (Å²) in [6.45, 7) is 5.09. The van der Waals surface area contributed by atoms with Gasteiger partial charge in [0.25, 0.3) is 0 Å². The Bertz CT molecular complexity index is 273. The predicted molar refractivity (Wildman–Crippen MR) is 60.3 cm³/mol. The van der Waals surface area contributed by atoms with Crippen LogP contribution in [0.5, 0.6) is 0 Å². The summed E-state index contributed by atoms with van der Waals surface area (Å²) in [5.41, 5.74) is 8.16. The van der Waals surface area contributed by atoms with Gasteiger partial charge >= 0.3 is 0 Å². The zero-order valence-corrected chi connectivity index (χ0v) is 8.96. The lowest BCUT2D eigenvalue weighted by Crippen LogP contribution is -2.22. The quantitative estimate of drug-likeness (QED) is 0.751. The third-order valence-electron chi connectivity index (χ3n) is 2.38. The van der Waals surface area contributed by atoms with Gasteiger partial charge in [-0.3, -0.25) is 4.98 Å². The van der Waals surface area contributed by atoms with Gasteiger partial charge in [-0.2, -0.15) is 0 Å². The lowest BCUT2D eigenvalue weighted by Gasteiger charge is -2.11. The van der Waals surface area contributed by atoms with Crippen LogP contribution in [0, 0.1) is 6.92 Å². The van der Waals surface area contributed by atoms with Crippen molar-refractivity contribution in [1.82, 2.24) is 4.98 Å². The molecule has 0 aliphatic heterocycles. The molecule has 0 spiro atoms. The molecule has 0 fully saturated rings. The highest BCUT2D eigenvalue weighted by Gasteiger charge is 1.99. The highest BCUT2D eigenvalue weighted by Crippen LogP contribution is 2.11. The fraction of sp³-hybridized carbons (Fsp3) is 0.545. The van der Waals surface area contributed by atoms with Crippen molar-refractivity contribution in [3.8, 4) is 0 Å². The second kappa shape index (κ2) is 5.60. The first kappa shape index (κ1) is 11.0. The molecule has 3 heteroatoms. The second-order valence-corrected chi connectivity index (χ2v) is 3.57. The van der Waals surface area contributed by atoms with Gasteiger partial charge in [-0.15, -0.1) is 0 Å². The van der Waals surface area contributed by atoms with Gasteiger partial charge in [0, 0.05) is 30.7 Å². The van der Waals surface area contributed by atoms with E-state index in [4.69, 9.17) is 5.73 Å². The van der Waals surface area contributed by atoms with Crippen LogP contribution in [0.15, 0.2) is 18.5 Å². The Morgan fingerprint density at radius 2 is 2.36 bits per heavy atom. The fourth-order valence-electron chi connectivity index (χ4n) is 1.27. The van der Waals surface area contributed by atoms with E-state index in [2.05, 4.69) is 24.1 Å². The molecule has 1 aromatic rings. The summed E-state index contributed by atoms with van der Waals surface area (Å²) in [6.07, 6.45) is 5.71. The number of rotatable bonds is 5. The number of anilines is 1. The summed E-state index contributed by atoms with van der Waals surface area (Å²) in [7, 11) is 0. The van der Waals surface area contributed by atoms with Gasteiger partial charge in [0.1, 0.15) is 0 Å². The Hall–Kier alpha value is -1.09. The van der Waals surface area contributed by atoms with E-state index in [-0.39, 0.29) is 0 Å². The minimum Gasteiger partial charge on any atom is -0.385 e. The lowest BCUT2D eigenvalue weighted by atomic mass is 10.1. The molecule has 0 aliphatic carbocycles. The zero-order chi connectivity index (χ0) is 10.4. The van der Waals surface area contributed by atoms with E-state index in [0.29, 0.717) is 6.04 Å². The molecule has 0 aromatic carbocycles. The summed E-state index contributed by atoms with van der Waals surface area (Å²) in [4.78, 5) is 4.04. The number of pyridine rings is 1. The normalized spacial score (nSPS) is 12.5. The van der Waals surface area contributed by atoms with Gasteiger partial charge in [-0.05, 0) is 31.4 Å². The molecule has 1 heterocycles. The van der Waals surface area contributed by atoms with Crippen LogP contribution in [0.25, 0.3) is 0 Å². The van der Waals surface area contributed by atoms with Crippen LogP contribution in [-0.4, -0.2) is 17.6 Å². The molecule has 0 bridgehead atoms. The summed E-state index contributed by atoms with van der Waals surface area (Å²) >= 11 is 0. The van der Waals surface area contributed by atoms with Gasteiger partial charge in [-0.1, -0.05) is 6.92 Å². The van der Waals surface area contributed by atoms with Crippen LogP contribution in [0.3, 0.4) is 0 Å². The van der Waals surface area contributed by atoms with E-state index in [1.807, 2.05) is 12.3 Å². The highest BCUT2D eigenvalue weighted by molar-refractivity contribution is 5.48. The Morgan fingerprint density at radius 1 is 1.57 bits per heavy atom. The first-order chi connectivity index (χ1) is 6.74. The maximum absolute atomic E-state index is 5.82. The van der Waals surface area contributed by atoms with Crippen LogP contribution >= 0.6 is 0 Å². The van der Waals surface area contributed by atoms with E-state index in [0.717, 1.165) is 25.1 Å². The number of hydrogen-bond donors (Lipinski definition) is 2. The first-order valence-corrected chi connectivity index (χ1v) is 5.14. The van der Waals surface area contributed by atoms with Crippen molar-refractivity contribution in [2.75, 3.05) is 11.9 Å². The highest BCUT2D eigenvalue weighted by atomic mass is 14.9. The molecule has 1 atom stereocenters. The third-order valence-corrected chi connectivity index (χ3v) is 2.38. The van der Waals surface area contributed by atoms with Crippen LogP contribution in [-0.2, 0) is 0 Å². The average Bonchev–Trinajstić information content (AvgIpc) is 2.20. The predicted octanol–water partition coefficient (Wildman–Crippen LogP) is 1.93. The molecule has 1 aromatic heterocycles. The van der Waals surface area contributed by atoms with Gasteiger partial charge in [0.15, 0.2) is 0 Å². The average molecular weight is 193 g/mol. The summed E-state index contributed by atoms with van der Waals surface area (Å²) in [5.74, 6) is 0. The maximum Gasteiger partial charge on any atom is 0.0400 e. The molecular formula is C11H19N3. The van der Waals surface area contributed by atoms with Crippen molar-refractivity contribution < 1.29 is 0 Å². The Balaban J connectivity index is 2.35. The van der Waals surface area contributed by atoms with Crippen LogP contribution < -0.4 is 11.1 Å². The van der Waals surface area contributed by atoms with E-state index in [9.17, 15) is 0 Å². The lowest BCUT2D eigenvalue weighted by molar-refractivity contribution is 0.613. The Morgan fingerprint density at radius 3 is 3.00 bits per heavy atom. The molecule has 1 unspecified atom stereocenters.